The highest BCUT2D eigenvalue weighted by atomic mass is 19.4. The number of alkyl halides is 3. The van der Waals surface area contributed by atoms with Gasteiger partial charge in [0.05, 0.1) is 5.56 Å². The van der Waals surface area contributed by atoms with Crippen LogP contribution in [0.1, 0.15) is 31.2 Å². The van der Waals surface area contributed by atoms with Crippen molar-refractivity contribution >= 4 is 17.3 Å². The van der Waals surface area contributed by atoms with E-state index in [4.69, 9.17) is 4.74 Å². The van der Waals surface area contributed by atoms with E-state index in [1.807, 2.05) is 0 Å². The number of nitroso groups, excluding NO2 is 1. The number of carbonyl (C=O) groups is 1. The number of piperazine rings is 1. The molecule has 1 amide bonds. The van der Waals surface area contributed by atoms with Gasteiger partial charge in [-0.05, 0) is 60.6 Å². The molecule has 7 nitrogen and oxygen atoms in total. The first kappa shape index (κ1) is 26.8. The van der Waals surface area contributed by atoms with Gasteiger partial charge in [-0.1, -0.05) is 0 Å². The smallest absolute Gasteiger partial charge is 0.418 e. The molecule has 0 aliphatic carbocycles. The second-order valence-corrected chi connectivity index (χ2v) is 9.37. The quantitative estimate of drug-likeness (QED) is 0.352. The van der Waals surface area contributed by atoms with Crippen molar-refractivity contribution in [3.63, 3.8) is 0 Å². The van der Waals surface area contributed by atoms with Crippen molar-refractivity contribution in [3.8, 4) is 5.75 Å². The lowest BCUT2D eigenvalue weighted by atomic mass is 10.1. The Labute approximate surface area is 212 Å². The third-order valence-corrected chi connectivity index (χ3v) is 6.90. The van der Waals surface area contributed by atoms with Crippen LogP contribution in [0.3, 0.4) is 0 Å². The van der Waals surface area contributed by atoms with Gasteiger partial charge in [-0.25, -0.2) is 4.39 Å². The van der Waals surface area contributed by atoms with Crippen molar-refractivity contribution in [1.82, 2.24) is 9.80 Å². The number of amides is 1. The van der Waals surface area contributed by atoms with Gasteiger partial charge >= 0.3 is 6.18 Å². The van der Waals surface area contributed by atoms with Crippen LogP contribution in [0.15, 0.2) is 47.6 Å². The second-order valence-electron chi connectivity index (χ2n) is 9.37. The first-order valence-electron chi connectivity index (χ1n) is 12.4. The number of benzene rings is 2. The summed E-state index contributed by atoms with van der Waals surface area (Å²) in [5.74, 6) is -0.139. The minimum atomic E-state index is -4.70. The van der Waals surface area contributed by atoms with Gasteiger partial charge in [0.2, 0.25) is 5.91 Å². The van der Waals surface area contributed by atoms with Crippen molar-refractivity contribution in [1.29, 1.82) is 0 Å². The topological polar surface area (TPSA) is 65.5 Å². The molecule has 2 aromatic rings. The summed E-state index contributed by atoms with van der Waals surface area (Å²) < 4.78 is 58.3. The number of piperidine rings is 1. The summed E-state index contributed by atoms with van der Waals surface area (Å²) in [6.45, 7) is 5.27. The normalized spacial score (nSPS) is 17.6. The minimum Gasteiger partial charge on any atom is -0.490 e. The summed E-state index contributed by atoms with van der Waals surface area (Å²) in [7, 11) is 0. The average Bonchev–Trinajstić information content (AvgIpc) is 2.89. The molecule has 2 aliphatic heterocycles. The summed E-state index contributed by atoms with van der Waals surface area (Å²) in [6, 6.07) is 9.63. The Morgan fingerprint density at radius 1 is 0.973 bits per heavy atom. The Bertz CT molecular complexity index is 1060. The summed E-state index contributed by atoms with van der Waals surface area (Å²) in [4.78, 5) is 29.7. The third-order valence-electron chi connectivity index (χ3n) is 6.90. The number of carbonyl (C=O) groups excluding carboxylic acids is 1. The lowest BCUT2D eigenvalue weighted by molar-refractivity contribution is -0.137. The van der Waals surface area contributed by atoms with Gasteiger partial charge in [-0.15, -0.1) is 4.91 Å². The zero-order valence-corrected chi connectivity index (χ0v) is 20.4. The molecule has 0 bridgehead atoms. The number of rotatable bonds is 8. The fourth-order valence-corrected chi connectivity index (χ4v) is 4.80. The van der Waals surface area contributed by atoms with Crippen LogP contribution in [0.5, 0.6) is 5.75 Å². The Hall–Kier alpha value is -3.21. The van der Waals surface area contributed by atoms with E-state index in [0.29, 0.717) is 32.4 Å². The van der Waals surface area contributed by atoms with E-state index >= 15 is 0 Å². The average molecular weight is 523 g/mol. The molecule has 2 heterocycles. The first-order chi connectivity index (χ1) is 17.7. The maximum Gasteiger partial charge on any atom is 0.418 e. The van der Waals surface area contributed by atoms with Crippen molar-refractivity contribution in [2.75, 3.05) is 50.7 Å². The Morgan fingerprint density at radius 3 is 2.27 bits per heavy atom. The predicted octanol–water partition coefficient (Wildman–Crippen LogP) is 5.21. The van der Waals surface area contributed by atoms with Gasteiger partial charge in [0, 0.05) is 64.2 Å². The molecule has 0 aromatic heterocycles. The SMILES string of the molecule is O=Nc1ccc(OC2CCN(C(=O)CCCN3CCN(c4ccc(F)cc4)CC3)CC2)cc1C(F)(F)F. The maximum atomic E-state index is 13.1. The molecule has 2 aliphatic rings. The highest BCUT2D eigenvalue weighted by Crippen LogP contribution is 2.38. The molecule has 0 radical (unpaired) electrons. The molecular weight excluding hydrogens is 492 g/mol. The van der Waals surface area contributed by atoms with Crippen molar-refractivity contribution < 1.29 is 27.1 Å². The molecule has 37 heavy (non-hydrogen) atoms. The number of likely N-dealkylation sites (tertiary alicyclic amines) is 1. The van der Waals surface area contributed by atoms with Crippen LogP contribution in [-0.4, -0.2) is 67.6 Å². The van der Waals surface area contributed by atoms with Gasteiger partial charge in [-0.3, -0.25) is 9.69 Å². The van der Waals surface area contributed by atoms with Crippen LogP contribution in [0.4, 0.5) is 28.9 Å². The summed E-state index contributed by atoms with van der Waals surface area (Å²) in [5, 5.41) is 2.44. The second kappa shape index (κ2) is 11.9. The van der Waals surface area contributed by atoms with E-state index in [9.17, 15) is 27.3 Å². The minimum absolute atomic E-state index is 0.0315. The highest BCUT2D eigenvalue weighted by Gasteiger charge is 2.35. The molecule has 2 saturated heterocycles. The van der Waals surface area contributed by atoms with Crippen LogP contribution < -0.4 is 9.64 Å². The molecule has 0 spiro atoms. The highest BCUT2D eigenvalue weighted by molar-refractivity contribution is 5.76. The summed E-state index contributed by atoms with van der Waals surface area (Å²) >= 11 is 0. The van der Waals surface area contributed by atoms with Crippen molar-refractivity contribution in [2.45, 2.75) is 38.0 Å². The Balaban J connectivity index is 1.15. The number of anilines is 1. The van der Waals surface area contributed by atoms with E-state index in [0.717, 1.165) is 57.0 Å². The van der Waals surface area contributed by atoms with E-state index in [1.54, 1.807) is 17.0 Å². The van der Waals surface area contributed by atoms with Crippen molar-refractivity contribution in [2.24, 2.45) is 5.18 Å². The number of halogens is 4. The molecule has 2 aromatic carbocycles. The zero-order chi connectivity index (χ0) is 26.4. The van der Waals surface area contributed by atoms with E-state index in [-0.39, 0.29) is 23.6 Å². The van der Waals surface area contributed by atoms with E-state index in [1.165, 1.54) is 18.2 Å². The Kier molecular flexibility index (Phi) is 8.63. The zero-order valence-electron chi connectivity index (χ0n) is 20.4. The maximum absolute atomic E-state index is 13.1. The summed E-state index contributed by atoms with van der Waals surface area (Å²) in [6.07, 6.45) is -2.77. The predicted molar refractivity (Wildman–Crippen MR) is 131 cm³/mol. The molecule has 0 atom stereocenters. The Morgan fingerprint density at radius 2 is 1.65 bits per heavy atom. The van der Waals surface area contributed by atoms with E-state index in [2.05, 4.69) is 15.0 Å². The fourth-order valence-electron chi connectivity index (χ4n) is 4.80. The molecule has 0 unspecified atom stereocenters. The molecule has 0 N–H and O–H groups in total. The van der Waals surface area contributed by atoms with Crippen LogP contribution in [0, 0.1) is 10.7 Å². The van der Waals surface area contributed by atoms with Crippen LogP contribution in [-0.2, 0) is 11.0 Å². The number of hydrogen-bond donors (Lipinski definition) is 0. The fraction of sp³-hybridized carbons (Fsp3) is 0.500. The van der Waals surface area contributed by atoms with Gasteiger partial charge in [0.1, 0.15) is 23.4 Å². The van der Waals surface area contributed by atoms with Gasteiger partial charge in [-0.2, -0.15) is 13.2 Å². The molecular formula is C26H30F4N4O3. The largest absolute Gasteiger partial charge is 0.490 e. The lowest BCUT2D eigenvalue weighted by Gasteiger charge is -2.36. The number of ether oxygens (including phenoxy) is 1. The molecule has 11 heteroatoms. The lowest BCUT2D eigenvalue weighted by Crippen LogP contribution is -2.47. The van der Waals surface area contributed by atoms with Crippen LogP contribution >= 0.6 is 0 Å². The molecule has 4 rings (SSSR count). The first-order valence-corrected chi connectivity index (χ1v) is 12.4. The van der Waals surface area contributed by atoms with Gasteiger partial charge in [0.25, 0.3) is 0 Å². The van der Waals surface area contributed by atoms with E-state index < -0.39 is 17.4 Å². The van der Waals surface area contributed by atoms with Crippen LogP contribution in [0.25, 0.3) is 0 Å². The van der Waals surface area contributed by atoms with Crippen LogP contribution in [0.2, 0.25) is 0 Å². The molecule has 2 fully saturated rings. The molecule has 200 valence electrons. The summed E-state index contributed by atoms with van der Waals surface area (Å²) in [5.41, 5.74) is -0.779. The molecule has 0 saturated carbocycles. The standard InChI is InChI=1S/C26H30F4N4O3/c27-19-3-5-20(6-4-19)33-16-14-32(15-17-33)11-1-2-25(35)34-12-9-21(10-13-34)37-22-7-8-24(31-36)23(18-22)26(28,29)30/h3-8,18,21H,1-2,9-17H2. The number of nitrogens with zero attached hydrogens (tertiary/aromatic N) is 4. The third kappa shape index (κ3) is 7.18. The van der Waals surface area contributed by atoms with Gasteiger partial charge in [0.15, 0.2) is 0 Å². The monoisotopic (exact) mass is 522 g/mol. The van der Waals surface area contributed by atoms with Gasteiger partial charge < -0.3 is 14.5 Å². The number of hydrogen-bond acceptors (Lipinski definition) is 6. The van der Waals surface area contributed by atoms with Crippen molar-refractivity contribution in [3.05, 3.63) is 58.8 Å².